The van der Waals surface area contributed by atoms with Crippen molar-refractivity contribution >= 4 is 39.8 Å². The number of alkyl halides is 3. The zero-order valence-electron chi connectivity index (χ0n) is 12.9. The highest BCUT2D eigenvalue weighted by Gasteiger charge is 2.33. The molecule has 10 heteroatoms. The summed E-state index contributed by atoms with van der Waals surface area (Å²) in [5, 5.41) is 4.95. The van der Waals surface area contributed by atoms with Crippen molar-refractivity contribution in [2.45, 2.75) is 19.0 Å². The van der Waals surface area contributed by atoms with E-state index < -0.39 is 11.7 Å². The molecule has 1 aliphatic heterocycles. The Bertz CT molecular complexity index is 754. The van der Waals surface area contributed by atoms with Crippen LogP contribution in [0.5, 0.6) is 0 Å². The number of hydrogen-bond donors (Lipinski definition) is 1. The second-order valence-electron chi connectivity index (χ2n) is 5.64. The van der Waals surface area contributed by atoms with Crippen LogP contribution in [0.25, 0.3) is 0 Å². The molecule has 1 fully saturated rings. The third-order valence-electron chi connectivity index (χ3n) is 3.90. The average molecular weight is 391 g/mol. The van der Waals surface area contributed by atoms with Crippen LogP contribution in [0, 0.1) is 5.92 Å². The second kappa shape index (κ2) is 7.17. The number of nitrogens with one attached hydrogen (secondary N) is 1. The monoisotopic (exact) mass is 390 g/mol. The van der Waals surface area contributed by atoms with Gasteiger partial charge in [0.05, 0.1) is 16.5 Å². The number of carbonyl (C=O) groups excluding carboxylic acids is 1. The van der Waals surface area contributed by atoms with Gasteiger partial charge in [0.1, 0.15) is 5.82 Å². The highest BCUT2D eigenvalue weighted by molar-refractivity contribution is 7.13. The smallest absolute Gasteiger partial charge is 0.355 e. The van der Waals surface area contributed by atoms with E-state index in [0.29, 0.717) is 24.6 Å². The Hall–Kier alpha value is -1.87. The van der Waals surface area contributed by atoms with E-state index in [1.165, 1.54) is 11.3 Å². The molecular weight excluding hydrogens is 377 g/mol. The second-order valence-corrected chi connectivity index (χ2v) is 6.94. The van der Waals surface area contributed by atoms with E-state index in [4.69, 9.17) is 11.6 Å². The quantitative estimate of drug-likeness (QED) is 0.858. The molecule has 2 aromatic rings. The van der Waals surface area contributed by atoms with Gasteiger partial charge in [-0.25, -0.2) is 9.97 Å². The number of nitrogens with zero attached hydrogens (tertiary/aromatic N) is 3. The Kier molecular flexibility index (Phi) is 5.14. The van der Waals surface area contributed by atoms with Crippen LogP contribution >= 0.6 is 22.9 Å². The van der Waals surface area contributed by atoms with Crippen LogP contribution in [0.2, 0.25) is 5.02 Å². The van der Waals surface area contributed by atoms with Gasteiger partial charge in [0.25, 0.3) is 0 Å². The zero-order valence-corrected chi connectivity index (χ0v) is 14.5. The van der Waals surface area contributed by atoms with Crippen LogP contribution in [-0.4, -0.2) is 29.0 Å². The van der Waals surface area contributed by atoms with Crippen LogP contribution in [0.4, 0.5) is 24.1 Å². The van der Waals surface area contributed by atoms with E-state index in [0.717, 1.165) is 18.7 Å². The van der Waals surface area contributed by atoms with Gasteiger partial charge >= 0.3 is 6.18 Å². The molecule has 1 unspecified atom stereocenters. The highest BCUT2D eigenvalue weighted by atomic mass is 35.5. The maximum atomic E-state index is 12.7. The van der Waals surface area contributed by atoms with E-state index in [1.807, 2.05) is 0 Å². The molecule has 0 aliphatic carbocycles. The molecule has 0 spiro atoms. The molecule has 0 bridgehead atoms. The molecule has 25 heavy (non-hydrogen) atoms. The lowest BCUT2D eigenvalue weighted by atomic mass is 9.97. The molecule has 2 aromatic heterocycles. The summed E-state index contributed by atoms with van der Waals surface area (Å²) in [5.41, 5.74) is -0.892. The molecule has 0 radical (unpaired) electrons. The first kappa shape index (κ1) is 17.9. The van der Waals surface area contributed by atoms with Crippen molar-refractivity contribution in [1.29, 1.82) is 0 Å². The van der Waals surface area contributed by atoms with Gasteiger partial charge in [-0.05, 0) is 18.9 Å². The van der Waals surface area contributed by atoms with Gasteiger partial charge in [-0.15, -0.1) is 11.3 Å². The Morgan fingerprint density at radius 2 is 2.20 bits per heavy atom. The Labute approximate surface area is 150 Å². The summed E-state index contributed by atoms with van der Waals surface area (Å²) in [5.74, 6) is -0.207. The number of pyridine rings is 1. The average Bonchev–Trinajstić information content (AvgIpc) is 3.07. The van der Waals surface area contributed by atoms with Gasteiger partial charge in [-0.1, -0.05) is 11.6 Å². The van der Waals surface area contributed by atoms with Crippen molar-refractivity contribution < 1.29 is 18.0 Å². The summed E-state index contributed by atoms with van der Waals surface area (Å²) in [6, 6.07) is 0.864. The fourth-order valence-electron chi connectivity index (χ4n) is 2.69. The first-order valence-corrected chi connectivity index (χ1v) is 8.78. The normalized spacial score (nSPS) is 18.2. The lowest BCUT2D eigenvalue weighted by molar-refractivity contribution is -0.137. The van der Waals surface area contributed by atoms with Crippen molar-refractivity contribution in [1.82, 2.24) is 9.97 Å². The van der Waals surface area contributed by atoms with E-state index >= 15 is 0 Å². The molecule has 1 atom stereocenters. The van der Waals surface area contributed by atoms with Crippen LogP contribution < -0.4 is 10.2 Å². The molecule has 0 aromatic carbocycles. The number of aromatic nitrogens is 2. The maximum Gasteiger partial charge on any atom is 0.417 e. The molecule has 0 saturated carbocycles. The lowest BCUT2D eigenvalue weighted by Gasteiger charge is -2.33. The summed E-state index contributed by atoms with van der Waals surface area (Å²) < 4.78 is 38.2. The summed E-state index contributed by atoms with van der Waals surface area (Å²) in [4.78, 5) is 22.0. The van der Waals surface area contributed by atoms with Crippen molar-refractivity contribution in [2.75, 3.05) is 23.3 Å². The summed E-state index contributed by atoms with van der Waals surface area (Å²) >= 11 is 7.32. The van der Waals surface area contributed by atoms with E-state index in [9.17, 15) is 18.0 Å². The topological polar surface area (TPSA) is 58.1 Å². The van der Waals surface area contributed by atoms with E-state index in [-0.39, 0.29) is 22.7 Å². The summed E-state index contributed by atoms with van der Waals surface area (Å²) in [6.45, 7) is 0.925. The van der Waals surface area contributed by atoms with Crippen LogP contribution in [0.15, 0.2) is 23.8 Å². The molecule has 3 rings (SSSR count). The minimum Gasteiger partial charge on any atom is -0.355 e. The Balaban J connectivity index is 1.72. The third kappa shape index (κ3) is 4.21. The number of anilines is 2. The van der Waals surface area contributed by atoms with Crippen LogP contribution in [-0.2, 0) is 11.0 Å². The predicted molar refractivity (Wildman–Crippen MR) is 89.9 cm³/mol. The lowest BCUT2D eigenvalue weighted by Crippen LogP contribution is -2.41. The standard InChI is InChI=1S/C15H14ClF3N4OS/c16-11-6-10(15(17,18)19)7-21-12(11)23-4-1-2-9(8-23)13(24)22-14-20-3-5-25-14/h3,5-7,9H,1-2,4,8H2,(H,20,22,24). The summed E-state index contributed by atoms with van der Waals surface area (Å²) in [6.07, 6.45) is -0.728. The van der Waals surface area contributed by atoms with Gasteiger partial charge in [0.15, 0.2) is 5.13 Å². The minimum absolute atomic E-state index is 0.0733. The van der Waals surface area contributed by atoms with Gasteiger partial charge < -0.3 is 10.2 Å². The number of amides is 1. The number of rotatable bonds is 3. The number of thiazole rings is 1. The largest absolute Gasteiger partial charge is 0.417 e. The van der Waals surface area contributed by atoms with Gasteiger partial charge in [-0.3, -0.25) is 4.79 Å². The number of piperidine rings is 1. The number of carbonyl (C=O) groups is 1. The molecule has 1 N–H and O–H groups in total. The SMILES string of the molecule is O=C(Nc1nccs1)C1CCCN(c2ncc(C(F)(F)F)cc2Cl)C1. The molecular formula is C15H14ClF3N4OS. The Morgan fingerprint density at radius 1 is 1.40 bits per heavy atom. The Morgan fingerprint density at radius 3 is 2.84 bits per heavy atom. The predicted octanol–water partition coefficient (Wildman–Crippen LogP) is 4.07. The fourth-order valence-corrected chi connectivity index (χ4v) is 3.51. The van der Waals surface area contributed by atoms with Crippen molar-refractivity contribution in [3.63, 3.8) is 0 Å². The molecule has 134 valence electrons. The van der Waals surface area contributed by atoms with Gasteiger partial charge in [0, 0.05) is 30.9 Å². The molecule has 1 amide bonds. The molecule has 1 saturated heterocycles. The summed E-state index contributed by atoms with van der Waals surface area (Å²) in [7, 11) is 0. The molecule has 5 nitrogen and oxygen atoms in total. The van der Waals surface area contributed by atoms with Gasteiger partial charge in [-0.2, -0.15) is 13.2 Å². The molecule has 1 aliphatic rings. The zero-order chi connectivity index (χ0) is 18.0. The first-order chi connectivity index (χ1) is 11.8. The van der Waals surface area contributed by atoms with Crippen LogP contribution in [0.3, 0.4) is 0 Å². The number of hydrogen-bond acceptors (Lipinski definition) is 5. The first-order valence-electron chi connectivity index (χ1n) is 7.52. The van der Waals surface area contributed by atoms with Crippen LogP contribution in [0.1, 0.15) is 18.4 Å². The van der Waals surface area contributed by atoms with Crippen molar-refractivity contribution in [3.8, 4) is 0 Å². The van der Waals surface area contributed by atoms with Crippen molar-refractivity contribution in [2.24, 2.45) is 5.92 Å². The fraction of sp³-hybridized carbons (Fsp3) is 0.400. The van der Waals surface area contributed by atoms with E-state index in [1.54, 1.807) is 16.5 Å². The third-order valence-corrected chi connectivity index (χ3v) is 4.87. The van der Waals surface area contributed by atoms with E-state index in [2.05, 4.69) is 15.3 Å². The highest BCUT2D eigenvalue weighted by Crippen LogP contribution is 2.34. The number of halogens is 4. The van der Waals surface area contributed by atoms with Gasteiger partial charge in [0.2, 0.25) is 5.91 Å². The van der Waals surface area contributed by atoms with Crippen molar-refractivity contribution in [3.05, 3.63) is 34.4 Å². The maximum absolute atomic E-state index is 12.7. The minimum atomic E-state index is -4.49. The molecule has 3 heterocycles.